The van der Waals surface area contributed by atoms with Crippen LogP contribution in [-0.4, -0.2) is 40.4 Å². The van der Waals surface area contributed by atoms with Crippen molar-refractivity contribution < 1.29 is 9.53 Å². The first-order chi connectivity index (χ1) is 11.3. The molecule has 6 heteroatoms. The SMILES string of the molecule is COc1ccc(-c2cn3c(C(=O)N4CCCC4)csc3n2)cc1. The number of fused-ring (bicyclic) bond motifs is 1. The van der Waals surface area contributed by atoms with Crippen molar-refractivity contribution in [2.75, 3.05) is 20.2 Å². The van der Waals surface area contributed by atoms with Crippen molar-refractivity contribution in [2.45, 2.75) is 12.8 Å². The van der Waals surface area contributed by atoms with Gasteiger partial charge in [-0.1, -0.05) is 0 Å². The highest BCUT2D eigenvalue weighted by atomic mass is 32.1. The molecule has 5 nitrogen and oxygen atoms in total. The Morgan fingerprint density at radius 1 is 1.22 bits per heavy atom. The van der Waals surface area contributed by atoms with Gasteiger partial charge in [-0.2, -0.15) is 0 Å². The van der Waals surface area contributed by atoms with Gasteiger partial charge in [0.2, 0.25) is 0 Å². The van der Waals surface area contributed by atoms with Crippen LogP contribution >= 0.6 is 11.3 Å². The van der Waals surface area contributed by atoms with Crippen LogP contribution in [-0.2, 0) is 0 Å². The predicted molar refractivity (Wildman–Crippen MR) is 90.2 cm³/mol. The van der Waals surface area contributed by atoms with E-state index in [0.717, 1.165) is 47.9 Å². The average Bonchev–Trinajstić information content (AvgIpc) is 3.30. The number of aromatic nitrogens is 2. The van der Waals surface area contributed by atoms with Gasteiger partial charge in [-0.25, -0.2) is 4.98 Å². The van der Waals surface area contributed by atoms with Gasteiger partial charge in [-0.15, -0.1) is 11.3 Å². The minimum absolute atomic E-state index is 0.104. The van der Waals surface area contributed by atoms with Crippen molar-refractivity contribution in [1.29, 1.82) is 0 Å². The maximum absolute atomic E-state index is 12.6. The average molecular weight is 327 g/mol. The van der Waals surface area contributed by atoms with Crippen molar-refractivity contribution in [1.82, 2.24) is 14.3 Å². The first kappa shape index (κ1) is 14.3. The Hall–Kier alpha value is -2.34. The number of hydrogen-bond donors (Lipinski definition) is 0. The minimum atomic E-state index is 0.104. The van der Waals surface area contributed by atoms with Crippen molar-refractivity contribution in [3.8, 4) is 17.0 Å². The van der Waals surface area contributed by atoms with Crippen molar-refractivity contribution in [3.63, 3.8) is 0 Å². The molecule has 1 amide bonds. The van der Waals surface area contributed by atoms with Gasteiger partial charge >= 0.3 is 0 Å². The number of ether oxygens (including phenoxy) is 1. The fraction of sp³-hybridized carbons (Fsp3) is 0.294. The molecule has 4 rings (SSSR count). The largest absolute Gasteiger partial charge is 0.497 e. The quantitative estimate of drug-likeness (QED) is 0.741. The van der Waals surface area contributed by atoms with Crippen LogP contribution in [0.1, 0.15) is 23.3 Å². The second kappa shape index (κ2) is 5.70. The summed E-state index contributed by atoms with van der Waals surface area (Å²) in [5.41, 5.74) is 2.59. The number of nitrogens with zero attached hydrogens (tertiary/aromatic N) is 3. The molecule has 118 valence electrons. The van der Waals surface area contributed by atoms with Crippen LogP contribution in [0.25, 0.3) is 16.2 Å². The first-order valence-corrected chi connectivity index (χ1v) is 8.54. The van der Waals surface area contributed by atoms with E-state index in [0.29, 0.717) is 5.69 Å². The van der Waals surface area contributed by atoms with Gasteiger partial charge in [0.15, 0.2) is 4.96 Å². The number of carbonyl (C=O) groups excluding carboxylic acids is 1. The zero-order valence-corrected chi connectivity index (χ0v) is 13.7. The maximum Gasteiger partial charge on any atom is 0.271 e. The van der Waals surface area contributed by atoms with E-state index in [2.05, 4.69) is 4.98 Å². The number of methoxy groups -OCH3 is 1. The summed E-state index contributed by atoms with van der Waals surface area (Å²) in [7, 11) is 1.65. The lowest BCUT2D eigenvalue weighted by atomic mass is 10.2. The smallest absolute Gasteiger partial charge is 0.271 e. The first-order valence-electron chi connectivity index (χ1n) is 7.66. The Kier molecular flexibility index (Phi) is 3.53. The molecule has 0 radical (unpaired) electrons. The Morgan fingerprint density at radius 3 is 2.65 bits per heavy atom. The van der Waals surface area contributed by atoms with Crippen LogP contribution in [0.4, 0.5) is 0 Å². The third kappa shape index (κ3) is 2.49. The summed E-state index contributed by atoms with van der Waals surface area (Å²) in [6.07, 6.45) is 4.14. The lowest BCUT2D eigenvalue weighted by Gasteiger charge is -2.13. The summed E-state index contributed by atoms with van der Waals surface area (Å²) < 4.78 is 7.09. The highest BCUT2D eigenvalue weighted by molar-refractivity contribution is 7.15. The molecule has 1 saturated heterocycles. The highest BCUT2D eigenvalue weighted by Gasteiger charge is 2.23. The van der Waals surface area contributed by atoms with Crippen molar-refractivity contribution >= 4 is 22.2 Å². The van der Waals surface area contributed by atoms with Gasteiger partial charge in [-0.05, 0) is 37.1 Å². The van der Waals surface area contributed by atoms with Crippen LogP contribution < -0.4 is 4.74 Å². The third-order valence-corrected chi connectivity index (χ3v) is 5.05. The summed E-state index contributed by atoms with van der Waals surface area (Å²) >= 11 is 1.50. The number of likely N-dealkylation sites (tertiary alicyclic amines) is 1. The van der Waals surface area contributed by atoms with E-state index in [-0.39, 0.29) is 5.91 Å². The molecule has 1 aromatic carbocycles. The van der Waals surface area contributed by atoms with E-state index in [4.69, 9.17) is 4.74 Å². The lowest BCUT2D eigenvalue weighted by Crippen LogP contribution is -2.28. The molecule has 0 aliphatic carbocycles. The van der Waals surface area contributed by atoms with E-state index in [1.54, 1.807) is 7.11 Å². The van der Waals surface area contributed by atoms with E-state index >= 15 is 0 Å². The lowest BCUT2D eigenvalue weighted by molar-refractivity contribution is 0.0786. The Bertz CT molecular complexity index is 844. The molecule has 23 heavy (non-hydrogen) atoms. The summed E-state index contributed by atoms with van der Waals surface area (Å²) in [4.78, 5) is 20.0. The fourth-order valence-corrected chi connectivity index (χ4v) is 3.77. The third-order valence-electron chi connectivity index (χ3n) is 4.21. The molecule has 0 spiro atoms. The molecular formula is C17H17N3O2S. The summed E-state index contributed by atoms with van der Waals surface area (Å²) in [5.74, 6) is 0.923. The molecule has 2 aromatic heterocycles. The molecule has 1 aliphatic rings. The van der Waals surface area contributed by atoms with Gasteiger partial charge in [-0.3, -0.25) is 9.20 Å². The number of hydrogen-bond acceptors (Lipinski definition) is 4. The van der Waals surface area contributed by atoms with Gasteiger partial charge in [0.1, 0.15) is 11.4 Å². The number of rotatable bonds is 3. The Balaban J connectivity index is 1.69. The predicted octanol–water partition coefficient (Wildman–Crippen LogP) is 3.31. The van der Waals surface area contributed by atoms with Crippen LogP contribution in [0, 0.1) is 0 Å². The normalized spacial score (nSPS) is 14.6. The number of carbonyl (C=O) groups is 1. The molecule has 3 heterocycles. The molecule has 0 atom stereocenters. The van der Waals surface area contributed by atoms with Gasteiger partial charge in [0, 0.05) is 30.2 Å². The molecule has 0 N–H and O–H groups in total. The number of imidazole rings is 1. The Morgan fingerprint density at radius 2 is 1.96 bits per heavy atom. The molecule has 1 aliphatic heterocycles. The van der Waals surface area contributed by atoms with Crippen molar-refractivity contribution in [3.05, 3.63) is 41.5 Å². The standard InChI is InChI=1S/C17H17N3O2S/c1-22-13-6-4-12(5-7-13)14-10-20-15(11-23-17(20)18-14)16(21)19-8-2-3-9-19/h4-7,10-11H,2-3,8-9H2,1H3. The number of thiazole rings is 1. The molecule has 3 aromatic rings. The highest BCUT2D eigenvalue weighted by Crippen LogP contribution is 2.26. The summed E-state index contributed by atoms with van der Waals surface area (Å²) in [6.45, 7) is 1.71. The zero-order chi connectivity index (χ0) is 15.8. The molecule has 0 unspecified atom stereocenters. The molecule has 0 bridgehead atoms. The molecule has 0 saturated carbocycles. The van der Waals surface area contributed by atoms with E-state index in [9.17, 15) is 4.79 Å². The van der Waals surface area contributed by atoms with Gasteiger partial charge in [0.05, 0.1) is 12.8 Å². The maximum atomic E-state index is 12.6. The van der Waals surface area contributed by atoms with Crippen LogP contribution in [0.5, 0.6) is 5.75 Å². The monoisotopic (exact) mass is 327 g/mol. The zero-order valence-electron chi connectivity index (χ0n) is 12.9. The van der Waals surface area contributed by atoms with Crippen molar-refractivity contribution in [2.24, 2.45) is 0 Å². The molecular weight excluding hydrogens is 310 g/mol. The Labute approximate surface area is 138 Å². The second-order valence-electron chi connectivity index (χ2n) is 5.63. The van der Waals surface area contributed by atoms with E-state index < -0.39 is 0 Å². The number of amides is 1. The topological polar surface area (TPSA) is 46.8 Å². The fourth-order valence-electron chi connectivity index (χ4n) is 2.92. The van der Waals surface area contributed by atoms with Gasteiger partial charge in [0.25, 0.3) is 5.91 Å². The van der Waals surface area contributed by atoms with E-state index in [1.807, 2.05) is 45.1 Å². The van der Waals surface area contributed by atoms with Crippen LogP contribution in [0.15, 0.2) is 35.8 Å². The summed E-state index contributed by atoms with van der Waals surface area (Å²) in [5, 5.41) is 1.90. The minimum Gasteiger partial charge on any atom is -0.497 e. The van der Waals surface area contributed by atoms with E-state index in [1.165, 1.54) is 11.3 Å². The van der Waals surface area contributed by atoms with Crippen LogP contribution in [0.2, 0.25) is 0 Å². The number of benzene rings is 1. The van der Waals surface area contributed by atoms with Gasteiger partial charge < -0.3 is 9.64 Å². The second-order valence-corrected chi connectivity index (χ2v) is 6.46. The van der Waals surface area contributed by atoms with Crippen LogP contribution in [0.3, 0.4) is 0 Å². The molecule has 1 fully saturated rings. The summed E-state index contributed by atoms with van der Waals surface area (Å²) in [6, 6.07) is 7.79.